The zero-order chi connectivity index (χ0) is 15.1. The van der Waals surface area contributed by atoms with Crippen LogP contribution >= 0.6 is 0 Å². The zero-order valence-electron chi connectivity index (χ0n) is 11.8. The molecule has 5 heteroatoms. The Morgan fingerprint density at radius 2 is 2.29 bits per heavy atom. The first-order valence-electron chi connectivity index (χ1n) is 7.05. The molecule has 0 aromatic heterocycles. The van der Waals surface area contributed by atoms with Gasteiger partial charge in [0.2, 0.25) is 0 Å². The number of nitrogens with two attached hydrogens (primary N) is 1. The van der Waals surface area contributed by atoms with Gasteiger partial charge in [-0.2, -0.15) is 0 Å². The number of hydrogen-bond acceptors (Lipinski definition) is 3. The Morgan fingerprint density at radius 1 is 1.48 bits per heavy atom. The first-order chi connectivity index (χ1) is 10.2. The van der Waals surface area contributed by atoms with E-state index < -0.39 is 5.82 Å². The molecule has 1 saturated carbocycles. The van der Waals surface area contributed by atoms with Crippen LogP contribution in [-0.2, 0) is 4.74 Å². The van der Waals surface area contributed by atoms with Crippen LogP contribution < -0.4 is 11.1 Å². The molecule has 3 N–H and O–H groups in total. The molecule has 0 heterocycles. The van der Waals surface area contributed by atoms with Gasteiger partial charge < -0.3 is 15.8 Å². The van der Waals surface area contributed by atoms with Crippen molar-refractivity contribution in [1.29, 1.82) is 0 Å². The Labute approximate surface area is 123 Å². The van der Waals surface area contributed by atoms with Gasteiger partial charge >= 0.3 is 0 Å². The van der Waals surface area contributed by atoms with Crippen molar-refractivity contribution in [3.63, 3.8) is 0 Å². The summed E-state index contributed by atoms with van der Waals surface area (Å²) in [6, 6.07) is 3.94. The second kappa shape index (κ2) is 7.77. The standard InChI is InChI=1S/C16H19FN2O2/c17-14-6-5-13(2-1-7-18)15(10-14)16(20)19-8-9-21-11-12-3-4-12/h5-6,10,12H,3-4,7-9,11,18H2,(H,19,20). The highest BCUT2D eigenvalue weighted by Gasteiger charge is 2.20. The lowest BCUT2D eigenvalue weighted by atomic mass is 10.1. The monoisotopic (exact) mass is 290 g/mol. The summed E-state index contributed by atoms with van der Waals surface area (Å²) in [4.78, 5) is 12.1. The van der Waals surface area contributed by atoms with Gasteiger partial charge in [-0.15, -0.1) is 0 Å². The molecule has 0 radical (unpaired) electrons. The first kappa shape index (κ1) is 15.5. The summed E-state index contributed by atoms with van der Waals surface area (Å²) in [6.07, 6.45) is 2.47. The van der Waals surface area contributed by atoms with E-state index >= 15 is 0 Å². The van der Waals surface area contributed by atoms with E-state index in [9.17, 15) is 9.18 Å². The fourth-order valence-corrected chi connectivity index (χ4v) is 1.83. The number of carbonyl (C=O) groups excluding carboxylic acids is 1. The molecule has 1 amide bonds. The Kier molecular flexibility index (Phi) is 5.73. The van der Waals surface area contributed by atoms with E-state index in [4.69, 9.17) is 10.5 Å². The number of rotatable bonds is 6. The Morgan fingerprint density at radius 3 is 3.00 bits per heavy atom. The van der Waals surface area contributed by atoms with Crippen LogP contribution in [0.3, 0.4) is 0 Å². The molecular formula is C16H19FN2O2. The molecular weight excluding hydrogens is 271 g/mol. The van der Waals surface area contributed by atoms with E-state index in [1.54, 1.807) is 0 Å². The van der Waals surface area contributed by atoms with Gasteiger partial charge in [0.05, 0.1) is 18.7 Å². The number of nitrogens with one attached hydrogen (secondary N) is 1. The second-order valence-electron chi connectivity index (χ2n) is 4.97. The molecule has 0 aliphatic heterocycles. The fourth-order valence-electron chi connectivity index (χ4n) is 1.83. The minimum absolute atomic E-state index is 0.188. The van der Waals surface area contributed by atoms with Crippen LogP contribution in [0.1, 0.15) is 28.8 Å². The minimum atomic E-state index is -0.469. The largest absolute Gasteiger partial charge is 0.379 e. The van der Waals surface area contributed by atoms with Gasteiger partial charge in [-0.05, 0) is 37.0 Å². The van der Waals surface area contributed by atoms with E-state index in [0.717, 1.165) is 6.61 Å². The van der Waals surface area contributed by atoms with Crippen LogP contribution in [0.2, 0.25) is 0 Å². The number of carbonyl (C=O) groups is 1. The third-order valence-corrected chi connectivity index (χ3v) is 3.13. The number of amides is 1. The van der Waals surface area contributed by atoms with Gasteiger partial charge in [-0.25, -0.2) is 4.39 Å². The third-order valence-electron chi connectivity index (χ3n) is 3.13. The van der Waals surface area contributed by atoms with Crippen molar-refractivity contribution in [3.05, 3.63) is 35.1 Å². The fraction of sp³-hybridized carbons (Fsp3) is 0.438. The highest BCUT2D eigenvalue weighted by atomic mass is 19.1. The summed E-state index contributed by atoms with van der Waals surface area (Å²) in [7, 11) is 0. The van der Waals surface area contributed by atoms with Gasteiger partial charge in [0.25, 0.3) is 5.91 Å². The van der Waals surface area contributed by atoms with Crippen molar-refractivity contribution < 1.29 is 13.9 Å². The first-order valence-corrected chi connectivity index (χ1v) is 7.05. The van der Waals surface area contributed by atoms with Crippen molar-refractivity contribution in [1.82, 2.24) is 5.32 Å². The lowest BCUT2D eigenvalue weighted by Gasteiger charge is -2.08. The predicted octanol–water partition coefficient (Wildman–Crippen LogP) is 1.29. The third kappa shape index (κ3) is 5.18. The van der Waals surface area contributed by atoms with Crippen LogP contribution in [0.15, 0.2) is 18.2 Å². The molecule has 1 fully saturated rings. The molecule has 1 aromatic rings. The van der Waals surface area contributed by atoms with Crippen molar-refractivity contribution in [2.45, 2.75) is 12.8 Å². The number of hydrogen-bond donors (Lipinski definition) is 2. The average Bonchev–Trinajstić information content (AvgIpc) is 3.29. The summed E-state index contributed by atoms with van der Waals surface area (Å²) >= 11 is 0. The van der Waals surface area contributed by atoms with Crippen molar-refractivity contribution in [2.24, 2.45) is 11.7 Å². The van der Waals surface area contributed by atoms with Crippen LogP contribution in [0.4, 0.5) is 4.39 Å². The predicted molar refractivity (Wildman–Crippen MR) is 78.2 cm³/mol. The van der Waals surface area contributed by atoms with Gasteiger partial charge in [0.1, 0.15) is 5.82 Å². The van der Waals surface area contributed by atoms with Crippen LogP contribution in [0.25, 0.3) is 0 Å². The molecule has 0 bridgehead atoms. The molecule has 21 heavy (non-hydrogen) atoms. The van der Waals surface area contributed by atoms with E-state index in [0.29, 0.717) is 24.6 Å². The van der Waals surface area contributed by atoms with E-state index in [2.05, 4.69) is 17.2 Å². The maximum absolute atomic E-state index is 13.3. The second-order valence-corrected chi connectivity index (χ2v) is 4.97. The molecule has 0 spiro atoms. The van der Waals surface area contributed by atoms with Gasteiger partial charge in [0.15, 0.2) is 0 Å². The Hall–Kier alpha value is -1.90. The molecule has 4 nitrogen and oxygen atoms in total. The molecule has 112 valence electrons. The minimum Gasteiger partial charge on any atom is -0.379 e. The molecule has 1 aromatic carbocycles. The van der Waals surface area contributed by atoms with Crippen LogP contribution in [0.5, 0.6) is 0 Å². The lowest BCUT2D eigenvalue weighted by Crippen LogP contribution is -2.28. The van der Waals surface area contributed by atoms with Crippen molar-refractivity contribution in [3.8, 4) is 11.8 Å². The highest BCUT2D eigenvalue weighted by molar-refractivity contribution is 5.96. The molecule has 1 aliphatic carbocycles. The smallest absolute Gasteiger partial charge is 0.252 e. The van der Waals surface area contributed by atoms with Gasteiger partial charge in [-0.1, -0.05) is 11.8 Å². The topological polar surface area (TPSA) is 64.4 Å². The number of benzene rings is 1. The van der Waals surface area contributed by atoms with Gasteiger partial charge in [-0.3, -0.25) is 4.79 Å². The molecule has 0 unspecified atom stereocenters. The molecule has 0 atom stereocenters. The van der Waals surface area contributed by atoms with E-state index in [1.807, 2.05) is 0 Å². The zero-order valence-corrected chi connectivity index (χ0v) is 11.8. The summed E-state index contributed by atoms with van der Waals surface area (Å²) in [5.41, 5.74) is 6.00. The highest BCUT2D eigenvalue weighted by Crippen LogP contribution is 2.28. The van der Waals surface area contributed by atoms with E-state index in [1.165, 1.54) is 31.0 Å². The van der Waals surface area contributed by atoms with Crippen LogP contribution in [0, 0.1) is 23.6 Å². The van der Waals surface area contributed by atoms with Crippen LogP contribution in [-0.4, -0.2) is 32.2 Å². The summed E-state index contributed by atoms with van der Waals surface area (Å²) < 4.78 is 18.7. The number of halogens is 1. The maximum Gasteiger partial charge on any atom is 0.252 e. The van der Waals surface area contributed by atoms with Gasteiger partial charge in [0, 0.05) is 18.7 Å². The summed E-state index contributed by atoms with van der Waals surface area (Å²) in [6.45, 7) is 1.80. The average molecular weight is 290 g/mol. The lowest BCUT2D eigenvalue weighted by molar-refractivity contribution is 0.0906. The van der Waals surface area contributed by atoms with Crippen molar-refractivity contribution >= 4 is 5.91 Å². The Bertz CT molecular complexity index is 559. The van der Waals surface area contributed by atoms with Crippen molar-refractivity contribution in [2.75, 3.05) is 26.3 Å². The molecule has 0 saturated heterocycles. The normalized spacial score (nSPS) is 13.4. The molecule has 2 rings (SSSR count). The SMILES string of the molecule is NCC#Cc1ccc(F)cc1C(=O)NCCOCC1CC1. The molecule has 1 aliphatic rings. The quantitative estimate of drug-likeness (QED) is 0.613. The maximum atomic E-state index is 13.3. The summed E-state index contributed by atoms with van der Waals surface area (Å²) in [5, 5.41) is 2.71. The van der Waals surface area contributed by atoms with E-state index in [-0.39, 0.29) is 18.0 Å². The number of ether oxygens (including phenoxy) is 1. The Balaban J connectivity index is 1.88. The summed E-state index contributed by atoms with van der Waals surface area (Å²) in [5.74, 6) is 5.31.